The summed E-state index contributed by atoms with van der Waals surface area (Å²) in [7, 11) is 0. The lowest BCUT2D eigenvalue weighted by Crippen LogP contribution is -2.47. The molecule has 1 aromatic rings. The van der Waals surface area contributed by atoms with Crippen LogP contribution in [0.15, 0.2) is 24.3 Å². The average Bonchev–Trinajstić information content (AvgIpc) is 2.53. The second-order valence-corrected chi connectivity index (χ2v) is 5.61. The van der Waals surface area contributed by atoms with E-state index in [0.29, 0.717) is 25.9 Å². The van der Waals surface area contributed by atoms with Crippen LogP contribution in [-0.2, 0) is 9.53 Å². The summed E-state index contributed by atoms with van der Waals surface area (Å²) in [6.45, 7) is 5.89. The Balaban J connectivity index is 1.79. The maximum Gasteiger partial charge on any atom is 0.241 e. The minimum Gasteiger partial charge on any atom is -0.491 e. The Labute approximate surface area is 132 Å². The van der Waals surface area contributed by atoms with E-state index in [2.05, 4.69) is 17.6 Å². The van der Waals surface area contributed by atoms with Crippen LogP contribution in [0.25, 0.3) is 0 Å². The van der Waals surface area contributed by atoms with Gasteiger partial charge >= 0.3 is 0 Å². The maximum atomic E-state index is 12.2. The summed E-state index contributed by atoms with van der Waals surface area (Å²) in [5.41, 5.74) is 0.794. The van der Waals surface area contributed by atoms with Gasteiger partial charge in [0.25, 0.3) is 0 Å². The summed E-state index contributed by atoms with van der Waals surface area (Å²) in [4.78, 5) is 12.2. The summed E-state index contributed by atoms with van der Waals surface area (Å²) in [6.07, 6.45) is 3.13. The highest BCUT2D eigenvalue weighted by Gasteiger charge is 2.23. The van der Waals surface area contributed by atoms with Gasteiger partial charge in [0.05, 0.1) is 12.6 Å². The molecule has 122 valence electrons. The minimum absolute atomic E-state index is 0.0385. The Kier molecular flexibility index (Phi) is 6.68. The lowest BCUT2D eigenvalue weighted by molar-refractivity contribution is -0.118. The van der Waals surface area contributed by atoms with Gasteiger partial charge < -0.3 is 20.1 Å². The van der Waals surface area contributed by atoms with Crippen molar-refractivity contribution in [2.75, 3.05) is 25.1 Å². The predicted molar refractivity (Wildman–Crippen MR) is 87.3 cm³/mol. The van der Waals surface area contributed by atoms with Gasteiger partial charge in [-0.05, 0) is 57.4 Å². The number of ether oxygens (including phenoxy) is 2. The Hall–Kier alpha value is -1.59. The first-order chi connectivity index (χ1) is 10.7. The second kappa shape index (κ2) is 8.76. The van der Waals surface area contributed by atoms with Crippen molar-refractivity contribution in [1.82, 2.24) is 5.32 Å². The SMILES string of the molecule is CCOCCOc1ccc(NC(=O)C2CCCC(C)N2)cc1. The molecule has 2 atom stereocenters. The first kappa shape index (κ1) is 16.8. The molecule has 22 heavy (non-hydrogen) atoms. The van der Waals surface area contributed by atoms with Gasteiger partial charge in [-0.25, -0.2) is 0 Å². The van der Waals surface area contributed by atoms with E-state index in [-0.39, 0.29) is 11.9 Å². The fraction of sp³-hybridized carbons (Fsp3) is 0.588. The number of piperidine rings is 1. The molecule has 1 fully saturated rings. The molecule has 1 aromatic carbocycles. The number of amides is 1. The lowest BCUT2D eigenvalue weighted by Gasteiger charge is -2.27. The van der Waals surface area contributed by atoms with Gasteiger partial charge in [-0.3, -0.25) is 4.79 Å². The standard InChI is InChI=1S/C17H26N2O3/c1-3-21-11-12-22-15-9-7-14(8-10-15)19-17(20)16-6-4-5-13(2)18-16/h7-10,13,16,18H,3-6,11-12H2,1-2H3,(H,19,20). The fourth-order valence-electron chi connectivity index (χ4n) is 2.57. The van der Waals surface area contributed by atoms with E-state index in [1.54, 1.807) is 0 Å². The van der Waals surface area contributed by atoms with Gasteiger partial charge in [-0.1, -0.05) is 0 Å². The monoisotopic (exact) mass is 306 g/mol. The topological polar surface area (TPSA) is 59.6 Å². The Bertz CT molecular complexity index is 461. The van der Waals surface area contributed by atoms with Crippen molar-refractivity contribution in [3.05, 3.63) is 24.3 Å². The Morgan fingerprint density at radius 3 is 2.73 bits per heavy atom. The highest BCUT2D eigenvalue weighted by Crippen LogP contribution is 2.18. The molecule has 5 heteroatoms. The second-order valence-electron chi connectivity index (χ2n) is 5.61. The van der Waals surface area contributed by atoms with Crippen molar-refractivity contribution in [2.24, 2.45) is 0 Å². The minimum atomic E-state index is -0.0918. The quantitative estimate of drug-likeness (QED) is 0.760. The van der Waals surface area contributed by atoms with Crippen LogP contribution in [0.3, 0.4) is 0 Å². The van der Waals surface area contributed by atoms with E-state index in [4.69, 9.17) is 9.47 Å². The highest BCUT2D eigenvalue weighted by atomic mass is 16.5. The van der Waals surface area contributed by atoms with Gasteiger partial charge in [-0.15, -0.1) is 0 Å². The molecule has 0 saturated carbocycles. The molecular formula is C17H26N2O3. The molecule has 2 unspecified atom stereocenters. The molecule has 0 bridgehead atoms. The molecule has 1 amide bonds. The molecule has 1 saturated heterocycles. The summed E-state index contributed by atoms with van der Waals surface area (Å²) < 4.78 is 10.8. The summed E-state index contributed by atoms with van der Waals surface area (Å²) in [5, 5.41) is 6.29. The van der Waals surface area contributed by atoms with Crippen LogP contribution in [0.1, 0.15) is 33.1 Å². The van der Waals surface area contributed by atoms with Crippen molar-refractivity contribution in [3.8, 4) is 5.75 Å². The number of anilines is 1. The first-order valence-electron chi connectivity index (χ1n) is 8.06. The van der Waals surface area contributed by atoms with Gasteiger partial charge in [0.1, 0.15) is 12.4 Å². The number of hydrogen-bond acceptors (Lipinski definition) is 4. The van der Waals surface area contributed by atoms with Crippen LogP contribution in [0.4, 0.5) is 5.69 Å². The molecule has 0 spiro atoms. The Morgan fingerprint density at radius 2 is 2.05 bits per heavy atom. The van der Waals surface area contributed by atoms with Crippen molar-refractivity contribution in [1.29, 1.82) is 0 Å². The molecule has 2 rings (SSSR count). The predicted octanol–water partition coefficient (Wildman–Crippen LogP) is 2.57. The van der Waals surface area contributed by atoms with Crippen LogP contribution < -0.4 is 15.4 Å². The van der Waals surface area contributed by atoms with E-state index in [9.17, 15) is 4.79 Å². The van der Waals surface area contributed by atoms with Gasteiger partial charge in [-0.2, -0.15) is 0 Å². The number of benzene rings is 1. The van der Waals surface area contributed by atoms with Crippen LogP contribution in [0.5, 0.6) is 5.75 Å². The summed E-state index contributed by atoms with van der Waals surface area (Å²) >= 11 is 0. The van der Waals surface area contributed by atoms with E-state index < -0.39 is 0 Å². The number of carbonyl (C=O) groups is 1. The molecule has 5 nitrogen and oxygen atoms in total. The van der Waals surface area contributed by atoms with Gasteiger partial charge in [0.15, 0.2) is 0 Å². The van der Waals surface area contributed by atoms with Crippen molar-refractivity contribution in [3.63, 3.8) is 0 Å². The van der Waals surface area contributed by atoms with Gasteiger partial charge in [0, 0.05) is 18.3 Å². The summed E-state index contributed by atoms with van der Waals surface area (Å²) in [5.74, 6) is 0.818. The average molecular weight is 306 g/mol. The smallest absolute Gasteiger partial charge is 0.241 e. The first-order valence-corrected chi connectivity index (χ1v) is 8.06. The zero-order valence-corrected chi connectivity index (χ0v) is 13.4. The normalized spacial score (nSPS) is 21.4. The maximum absolute atomic E-state index is 12.2. The number of carbonyl (C=O) groups excluding carboxylic acids is 1. The van der Waals surface area contributed by atoms with Crippen molar-refractivity contribution >= 4 is 11.6 Å². The lowest BCUT2D eigenvalue weighted by atomic mass is 9.99. The molecule has 1 aliphatic heterocycles. The third kappa shape index (κ3) is 5.31. The molecule has 1 aliphatic rings. The summed E-state index contributed by atoms with van der Waals surface area (Å²) in [6, 6.07) is 7.76. The molecule has 0 aliphatic carbocycles. The zero-order valence-electron chi connectivity index (χ0n) is 13.4. The third-order valence-corrected chi connectivity index (χ3v) is 3.75. The van der Waals surface area contributed by atoms with Crippen LogP contribution >= 0.6 is 0 Å². The van der Waals surface area contributed by atoms with Gasteiger partial charge in [0.2, 0.25) is 5.91 Å². The Morgan fingerprint density at radius 1 is 1.27 bits per heavy atom. The zero-order chi connectivity index (χ0) is 15.8. The van der Waals surface area contributed by atoms with E-state index in [1.165, 1.54) is 0 Å². The molecule has 2 N–H and O–H groups in total. The number of rotatable bonds is 7. The van der Waals surface area contributed by atoms with Crippen LogP contribution in [0, 0.1) is 0 Å². The largest absolute Gasteiger partial charge is 0.491 e. The van der Waals surface area contributed by atoms with Crippen LogP contribution in [-0.4, -0.2) is 37.8 Å². The van der Waals surface area contributed by atoms with E-state index in [0.717, 1.165) is 30.7 Å². The number of hydrogen-bond donors (Lipinski definition) is 2. The third-order valence-electron chi connectivity index (χ3n) is 3.75. The molecular weight excluding hydrogens is 280 g/mol. The molecule has 1 heterocycles. The van der Waals surface area contributed by atoms with Crippen LogP contribution in [0.2, 0.25) is 0 Å². The molecule has 0 aromatic heterocycles. The fourth-order valence-corrected chi connectivity index (χ4v) is 2.57. The van der Waals surface area contributed by atoms with E-state index in [1.807, 2.05) is 31.2 Å². The number of nitrogens with one attached hydrogen (secondary N) is 2. The van der Waals surface area contributed by atoms with Crippen molar-refractivity contribution in [2.45, 2.75) is 45.2 Å². The van der Waals surface area contributed by atoms with Crippen molar-refractivity contribution < 1.29 is 14.3 Å². The van der Waals surface area contributed by atoms with E-state index >= 15 is 0 Å². The molecule has 0 radical (unpaired) electrons. The highest BCUT2D eigenvalue weighted by molar-refractivity contribution is 5.94.